The molecule has 0 saturated heterocycles. The highest BCUT2D eigenvalue weighted by Crippen LogP contribution is 2.38. The number of hydrogen-bond donors (Lipinski definition) is 2. The number of nitrogen functional groups attached to an aromatic ring is 1. The molecule has 1 fully saturated rings. The van der Waals surface area contributed by atoms with Crippen LogP contribution in [0.3, 0.4) is 0 Å². The average molecular weight is 380 g/mol. The van der Waals surface area contributed by atoms with E-state index in [0.29, 0.717) is 22.2 Å². The predicted molar refractivity (Wildman–Crippen MR) is 106 cm³/mol. The molecule has 7 heteroatoms. The van der Waals surface area contributed by atoms with Crippen molar-refractivity contribution in [2.24, 2.45) is 0 Å². The van der Waals surface area contributed by atoms with Gasteiger partial charge in [-0.25, -0.2) is 4.39 Å². The molecule has 28 heavy (non-hydrogen) atoms. The number of carbonyl (C=O) groups is 1. The molecule has 1 aliphatic carbocycles. The molecule has 144 valence electrons. The van der Waals surface area contributed by atoms with E-state index in [9.17, 15) is 9.18 Å². The van der Waals surface area contributed by atoms with Crippen molar-refractivity contribution in [2.75, 3.05) is 12.8 Å². The lowest BCUT2D eigenvalue weighted by atomic mass is 9.93. The number of nitrogens with zero attached hydrogens (tertiary/aromatic N) is 2. The fourth-order valence-corrected chi connectivity index (χ4v) is 3.42. The van der Waals surface area contributed by atoms with Gasteiger partial charge in [0.2, 0.25) is 0 Å². The molecule has 0 bridgehead atoms. The Morgan fingerprint density at radius 3 is 2.71 bits per heavy atom. The zero-order valence-electron chi connectivity index (χ0n) is 15.8. The molecule has 1 aromatic heterocycles. The molecule has 6 nitrogen and oxygen atoms in total. The van der Waals surface area contributed by atoms with E-state index in [4.69, 9.17) is 10.5 Å². The van der Waals surface area contributed by atoms with Gasteiger partial charge >= 0.3 is 0 Å². The Bertz CT molecular complexity index is 1080. The van der Waals surface area contributed by atoms with Crippen LogP contribution in [0.5, 0.6) is 5.75 Å². The zero-order chi connectivity index (χ0) is 19.8. The van der Waals surface area contributed by atoms with E-state index < -0.39 is 5.82 Å². The van der Waals surface area contributed by atoms with Gasteiger partial charge in [0.25, 0.3) is 5.91 Å². The minimum atomic E-state index is -0.461. The lowest BCUT2D eigenvalue weighted by Crippen LogP contribution is -2.40. The third kappa shape index (κ3) is 3.02. The lowest BCUT2D eigenvalue weighted by Gasteiger charge is -2.26. The maximum absolute atomic E-state index is 14.8. The SMILES string of the molecule is COc1ccc(C)cc1-c1c(F)ccc2c(N)c(C(=O)NC3CCC3)nnc12. The molecule has 1 saturated carbocycles. The van der Waals surface area contributed by atoms with Crippen LogP contribution in [0.1, 0.15) is 35.3 Å². The van der Waals surface area contributed by atoms with E-state index >= 15 is 0 Å². The average Bonchev–Trinajstić information content (AvgIpc) is 2.64. The molecular formula is C21H21FN4O2. The van der Waals surface area contributed by atoms with Crippen molar-refractivity contribution in [3.63, 3.8) is 0 Å². The summed E-state index contributed by atoms with van der Waals surface area (Å²) in [6, 6.07) is 8.50. The largest absolute Gasteiger partial charge is 0.496 e. The van der Waals surface area contributed by atoms with E-state index in [1.165, 1.54) is 19.2 Å². The summed E-state index contributed by atoms with van der Waals surface area (Å²) in [4.78, 5) is 12.5. The number of benzene rings is 2. The second kappa shape index (κ2) is 7.07. The minimum Gasteiger partial charge on any atom is -0.496 e. The van der Waals surface area contributed by atoms with Gasteiger partial charge in [-0.1, -0.05) is 11.6 Å². The van der Waals surface area contributed by atoms with E-state index in [1.54, 1.807) is 6.07 Å². The van der Waals surface area contributed by atoms with Crippen LogP contribution < -0.4 is 15.8 Å². The third-order valence-corrected chi connectivity index (χ3v) is 5.20. The van der Waals surface area contributed by atoms with Crippen molar-refractivity contribution in [1.82, 2.24) is 15.5 Å². The zero-order valence-corrected chi connectivity index (χ0v) is 15.8. The normalized spacial score (nSPS) is 14.0. The number of nitrogens with one attached hydrogen (secondary N) is 1. The van der Waals surface area contributed by atoms with E-state index in [1.807, 2.05) is 19.1 Å². The fourth-order valence-electron chi connectivity index (χ4n) is 3.42. The van der Waals surface area contributed by atoms with Crippen LogP contribution in [0.4, 0.5) is 10.1 Å². The van der Waals surface area contributed by atoms with Crippen molar-refractivity contribution in [1.29, 1.82) is 0 Å². The first-order valence-corrected chi connectivity index (χ1v) is 9.20. The summed E-state index contributed by atoms with van der Waals surface area (Å²) < 4.78 is 20.2. The van der Waals surface area contributed by atoms with Crippen molar-refractivity contribution in [3.05, 3.63) is 47.4 Å². The Balaban J connectivity index is 1.87. The number of fused-ring (bicyclic) bond motifs is 1. The van der Waals surface area contributed by atoms with E-state index in [-0.39, 0.29) is 28.9 Å². The number of aromatic nitrogens is 2. The van der Waals surface area contributed by atoms with E-state index in [2.05, 4.69) is 15.5 Å². The van der Waals surface area contributed by atoms with Crippen LogP contribution in [0, 0.1) is 12.7 Å². The molecule has 1 amide bonds. The number of hydrogen-bond acceptors (Lipinski definition) is 5. The summed E-state index contributed by atoms with van der Waals surface area (Å²) >= 11 is 0. The van der Waals surface area contributed by atoms with Crippen LogP contribution in [-0.2, 0) is 0 Å². The third-order valence-electron chi connectivity index (χ3n) is 5.20. The van der Waals surface area contributed by atoms with Gasteiger partial charge in [-0.3, -0.25) is 4.79 Å². The Morgan fingerprint density at radius 1 is 1.25 bits per heavy atom. The maximum Gasteiger partial charge on any atom is 0.274 e. The quantitative estimate of drug-likeness (QED) is 0.722. The molecule has 0 unspecified atom stereocenters. The molecule has 0 radical (unpaired) electrons. The minimum absolute atomic E-state index is 0.0631. The highest BCUT2D eigenvalue weighted by atomic mass is 19.1. The molecule has 3 aromatic rings. The Kier molecular flexibility index (Phi) is 4.58. The Hall–Kier alpha value is -3.22. The van der Waals surface area contributed by atoms with Crippen molar-refractivity contribution < 1.29 is 13.9 Å². The molecule has 0 aliphatic heterocycles. The number of aryl methyl sites for hydroxylation is 1. The molecule has 4 rings (SSSR count). The van der Waals surface area contributed by atoms with Crippen LogP contribution in [0.15, 0.2) is 30.3 Å². The first-order chi connectivity index (χ1) is 13.5. The molecular weight excluding hydrogens is 359 g/mol. The van der Waals surface area contributed by atoms with Gasteiger partial charge in [0.05, 0.1) is 12.8 Å². The van der Waals surface area contributed by atoms with Crippen molar-refractivity contribution >= 4 is 22.5 Å². The molecule has 0 spiro atoms. The number of amides is 1. The highest BCUT2D eigenvalue weighted by molar-refractivity contribution is 6.08. The van der Waals surface area contributed by atoms with E-state index in [0.717, 1.165) is 24.8 Å². The number of halogens is 1. The molecule has 0 atom stereocenters. The standard InChI is InChI=1S/C21H21FN4O2/c1-11-6-9-16(28-2)14(10-11)17-15(22)8-7-13-18(23)20(26-25-19(13)17)21(27)24-12-4-3-5-12/h6-10,12H,3-5H2,1-2H3,(H2,23,25)(H,24,27). The Labute approximate surface area is 161 Å². The van der Waals surface area contributed by atoms with Gasteiger partial charge in [0.1, 0.15) is 17.1 Å². The first kappa shape index (κ1) is 18.2. The summed E-state index contributed by atoms with van der Waals surface area (Å²) in [7, 11) is 1.53. The summed E-state index contributed by atoms with van der Waals surface area (Å²) in [6.07, 6.45) is 3.01. The molecule has 3 N–H and O–H groups in total. The number of carbonyl (C=O) groups excluding carboxylic acids is 1. The second-order valence-corrected chi connectivity index (χ2v) is 7.09. The van der Waals surface area contributed by atoms with Gasteiger partial charge < -0.3 is 15.8 Å². The molecule has 2 aromatic carbocycles. The van der Waals surface area contributed by atoms with Gasteiger partial charge in [-0.2, -0.15) is 0 Å². The number of methoxy groups -OCH3 is 1. The Morgan fingerprint density at radius 2 is 2.04 bits per heavy atom. The van der Waals surface area contributed by atoms with Crippen molar-refractivity contribution in [2.45, 2.75) is 32.2 Å². The molecule has 1 aliphatic rings. The first-order valence-electron chi connectivity index (χ1n) is 9.20. The number of ether oxygens (including phenoxy) is 1. The van der Waals surface area contributed by atoms with Crippen molar-refractivity contribution in [3.8, 4) is 16.9 Å². The lowest BCUT2D eigenvalue weighted by molar-refractivity contribution is 0.0912. The maximum atomic E-state index is 14.8. The predicted octanol–water partition coefficient (Wildman–Crippen LogP) is 3.62. The van der Waals surface area contributed by atoms with Crippen LogP contribution >= 0.6 is 0 Å². The van der Waals surface area contributed by atoms with Gasteiger partial charge in [-0.15, -0.1) is 10.2 Å². The highest BCUT2D eigenvalue weighted by Gasteiger charge is 2.24. The van der Waals surface area contributed by atoms with Gasteiger partial charge in [0, 0.05) is 22.6 Å². The van der Waals surface area contributed by atoms with Crippen LogP contribution in [0.25, 0.3) is 22.0 Å². The summed E-state index contributed by atoms with van der Waals surface area (Å²) in [6.45, 7) is 1.91. The smallest absolute Gasteiger partial charge is 0.274 e. The number of anilines is 1. The topological polar surface area (TPSA) is 90.1 Å². The summed E-state index contributed by atoms with van der Waals surface area (Å²) in [5.74, 6) is -0.295. The molecule has 1 heterocycles. The fraction of sp³-hybridized carbons (Fsp3) is 0.286. The number of rotatable bonds is 4. The summed E-state index contributed by atoms with van der Waals surface area (Å²) in [5.41, 5.74) is 8.54. The van der Waals surface area contributed by atoms with Gasteiger partial charge in [0.15, 0.2) is 5.69 Å². The van der Waals surface area contributed by atoms with Crippen LogP contribution in [0.2, 0.25) is 0 Å². The summed E-state index contributed by atoms with van der Waals surface area (Å²) in [5, 5.41) is 11.6. The number of nitrogens with two attached hydrogens (primary N) is 1. The monoisotopic (exact) mass is 380 g/mol. The second-order valence-electron chi connectivity index (χ2n) is 7.09. The van der Waals surface area contributed by atoms with Crippen LogP contribution in [-0.4, -0.2) is 29.3 Å². The van der Waals surface area contributed by atoms with Gasteiger partial charge in [-0.05, 0) is 50.5 Å².